The first-order chi connectivity index (χ1) is 12.3. The Labute approximate surface area is 159 Å². The van der Waals surface area contributed by atoms with Crippen LogP contribution in [0.25, 0.3) is 0 Å². The molecule has 1 aliphatic heterocycles. The number of fused-ring (bicyclic) bond motifs is 1. The molecule has 2 aromatic rings. The number of rotatable bonds is 4. The Kier molecular flexibility index (Phi) is 5.31. The van der Waals surface area contributed by atoms with Crippen LogP contribution in [0.2, 0.25) is 5.15 Å². The number of thiophene rings is 1. The van der Waals surface area contributed by atoms with Crippen LogP contribution >= 0.6 is 22.9 Å². The fourth-order valence-electron chi connectivity index (χ4n) is 2.66. The van der Waals surface area contributed by atoms with Gasteiger partial charge in [-0.05, 0) is 31.0 Å². The first kappa shape index (κ1) is 18.8. The lowest BCUT2D eigenvalue weighted by Gasteiger charge is -2.13. The number of carbonyl (C=O) groups is 2. The van der Waals surface area contributed by atoms with Crippen LogP contribution in [0.15, 0.2) is 18.3 Å². The van der Waals surface area contributed by atoms with Gasteiger partial charge < -0.3 is 10.1 Å². The number of carbonyl (C=O) groups excluding carboxylic acids is 2. The van der Waals surface area contributed by atoms with Gasteiger partial charge >= 0.3 is 5.97 Å². The van der Waals surface area contributed by atoms with Crippen molar-refractivity contribution in [2.24, 2.45) is 0 Å². The highest BCUT2D eigenvalue weighted by molar-refractivity contribution is 7.90. The van der Waals surface area contributed by atoms with E-state index in [1.807, 2.05) is 0 Å². The number of amides is 1. The summed E-state index contributed by atoms with van der Waals surface area (Å²) in [5, 5.41) is 2.94. The summed E-state index contributed by atoms with van der Waals surface area (Å²) in [6.07, 6.45) is 1.67. The van der Waals surface area contributed by atoms with Gasteiger partial charge in [0.05, 0.1) is 29.2 Å². The van der Waals surface area contributed by atoms with Crippen molar-refractivity contribution < 1.29 is 22.7 Å². The maximum Gasteiger partial charge on any atom is 0.341 e. The van der Waals surface area contributed by atoms with Crippen LogP contribution in [0.1, 0.15) is 38.1 Å². The summed E-state index contributed by atoms with van der Waals surface area (Å²) >= 11 is 7.01. The maximum atomic E-state index is 12.5. The highest BCUT2D eigenvalue weighted by atomic mass is 35.5. The van der Waals surface area contributed by atoms with Gasteiger partial charge in [0, 0.05) is 11.1 Å². The number of hydrogen-bond acceptors (Lipinski definition) is 7. The Morgan fingerprint density at radius 1 is 1.42 bits per heavy atom. The van der Waals surface area contributed by atoms with Crippen molar-refractivity contribution >= 4 is 49.7 Å². The zero-order valence-corrected chi connectivity index (χ0v) is 16.1. The minimum atomic E-state index is -3.21. The number of halogens is 1. The van der Waals surface area contributed by atoms with E-state index < -0.39 is 21.7 Å². The molecule has 0 aromatic carbocycles. The number of sulfone groups is 1. The molecule has 0 spiro atoms. The Morgan fingerprint density at radius 3 is 2.88 bits per heavy atom. The van der Waals surface area contributed by atoms with E-state index in [2.05, 4.69) is 10.3 Å². The highest BCUT2D eigenvalue weighted by Gasteiger charge is 2.32. The molecule has 1 amide bonds. The molecule has 1 N–H and O–H groups in total. The van der Waals surface area contributed by atoms with Crippen molar-refractivity contribution in [1.82, 2.24) is 4.98 Å². The van der Waals surface area contributed by atoms with Crippen molar-refractivity contribution in [1.29, 1.82) is 0 Å². The normalized spacial score (nSPS) is 15.2. The Morgan fingerprint density at radius 2 is 2.19 bits per heavy atom. The van der Waals surface area contributed by atoms with Crippen molar-refractivity contribution in [3.63, 3.8) is 0 Å². The van der Waals surface area contributed by atoms with Gasteiger partial charge in [-0.25, -0.2) is 18.2 Å². The third kappa shape index (κ3) is 3.74. The molecule has 0 aliphatic carbocycles. The van der Waals surface area contributed by atoms with E-state index in [0.29, 0.717) is 10.4 Å². The van der Waals surface area contributed by atoms with Crippen LogP contribution < -0.4 is 5.32 Å². The molecule has 2 aromatic heterocycles. The van der Waals surface area contributed by atoms with Crippen molar-refractivity contribution in [3.8, 4) is 0 Å². The largest absolute Gasteiger partial charge is 0.462 e. The highest BCUT2D eigenvalue weighted by Crippen LogP contribution is 2.38. The molecule has 7 nitrogen and oxygen atoms in total. The molecule has 10 heteroatoms. The third-order valence-electron chi connectivity index (χ3n) is 3.82. The van der Waals surface area contributed by atoms with Crippen LogP contribution in [0.3, 0.4) is 0 Å². The molecule has 1 aliphatic rings. The quantitative estimate of drug-likeness (QED) is 0.609. The molecule has 0 bridgehead atoms. The SMILES string of the molecule is CCOC(=O)c1c(NC(=O)c2cccnc2Cl)sc2c1CCS(=O)(=O)C2. The van der Waals surface area contributed by atoms with Gasteiger partial charge in [-0.3, -0.25) is 4.79 Å². The van der Waals surface area contributed by atoms with E-state index in [4.69, 9.17) is 16.3 Å². The van der Waals surface area contributed by atoms with Gasteiger partial charge in [-0.2, -0.15) is 0 Å². The second-order valence-corrected chi connectivity index (χ2v) is 9.21. The molecule has 0 radical (unpaired) electrons. The first-order valence-corrected chi connectivity index (χ1v) is 10.8. The fraction of sp³-hybridized carbons (Fsp3) is 0.312. The average molecular weight is 415 g/mol. The second-order valence-electron chi connectivity index (χ2n) is 5.57. The molecule has 0 fully saturated rings. The van der Waals surface area contributed by atoms with E-state index in [1.165, 1.54) is 12.3 Å². The van der Waals surface area contributed by atoms with E-state index in [1.54, 1.807) is 13.0 Å². The summed E-state index contributed by atoms with van der Waals surface area (Å²) in [7, 11) is -3.21. The van der Waals surface area contributed by atoms with Crippen LogP contribution in [0.4, 0.5) is 5.00 Å². The number of aromatic nitrogens is 1. The summed E-state index contributed by atoms with van der Waals surface area (Å²) < 4.78 is 28.9. The lowest BCUT2D eigenvalue weighted by atomic mass is 10.1. The number of ether oxygens (including phenoxy) is 1. The maximum absolute atomic E-state index is 12.5. The molecular weight excluding hydrogens is 400 g/mol. The zero-order chi connectivity index (χ0) is 18.9. The van der Waals surface area contributed by atoms with Gasteiger partial charge in [0.1, 0.15) is 10.2 Å². The molecule has 26 heavy (non-hydrogen) atoms. The van der Waals surface area contributed by atoms with Crippen LogP contribution in [0.5, 0.6) is 0 Å². The summed E-state index contributed by atoms with van der Waals surface area (Å²) in [5.74, 6) is -1.31. The van der Waals surface area contributed by atoms with Gasteiger partial charge in [-0.15, -0.1) is 11.3 Å². The molecule has 0 atom stereocenters. The number of hydrogen-bond donors (Lipinski definition) is 1. The van der Waals surface area contributed by atoms with Gasteiger partial charge in [0.2, 0.25) is 0 Å². The Bertz CT molecular complexity index is 985. The van der Waals surface area contributed by atoms with Crippen molar-refractivity contribution in [3.05, 3.63) is 45.1 Å². The number of nitrogens with zero attached hydrogens (tertiary/aromatic N) is 1. The summed E-state index contributed by atoms with van der Waals surface area (Å²) in [6, 6.07) is 3.08. The monoisotopic (exact) mass is 414 g/mol. The zero-order valence-electron chi connectivity index (χ0n) is 13.7. The van der Waals surface area contributed by atoms with Gasteiger partial charge in [-0.1, -0.05) is 11.6 Å². The van der Waals surface area contributed by atoms with Crippen molar-refractivity contribution in [2.75, 3.05) is 17.7 Å². The van der Waals surface area contributed by atoms with Gasteiger partial charge in [0.25, 0.3) is 5.91 Å². The minimum absolute atomic E-state index is 0.0339. The fourth-order valence-corrected chi connectivity index (χ4v) is 5.89. The third-order valence-corrected chi connectivity index (χ3v) is 7.00. The average Bonchev–Trinajstić information content (AvgIpc) is 2.91. The molecule has 0 saturated heterocycles. The molecule has 0 unspecified atom stereocenters. The van der Waals surface area contributed by atoms with E-state index >= 15 is 0 Å². The molecule has 3 rings (SSSR count). The van der Waals surface area contributed by atoms with Crippen molar-refractivity contribution in [2.45, 2.75) is 19.1 Å². The number of pyridine rings is 1. The smallest absolute Gasteiger partial charge is 0.341 e. The number of anilines is 1. The predicted molar refractivity (Wildman–Crippen MR) is 98.7 cm³/mol. The summed E-state index contributed by atoms with van der Waals surface area (Å²) in [5.41, 5.74) is 0.994. The van der Waals surface area contributed by atoms with Crippen LogP contribution in [0, 0.1) is 0 Å². The predicted octanol–water partition coefficient (Wildman–Crippen LogP) is 2.70. The number of esters is 1. The first-order valence-electron chi connectivity index (χ1n) is 7.76. The molecule has 138 valence electrons. The molecular formula is C16H15ClN2O5S2. The minimum Gasteiger partial charge on any atom is -0.462 e. The molecule has 3 heterocycles. The topological polar surface area (TPSA) is 102 Å². The lowest BCUT2D eigenvalue weighted by Crippen LogP contribution is -2.20. The number of nitrogens with one attached hydrogen (secondary N) is 1. The van der Waals surface area contributed by atoms with E-state index in [0.717, 1.165) is 11.3 Å². The van der Waals surface area contributed by atoms with E-state index in [9.17, 15) is 18.0 Å². The lowest BCUT2D eigenvalue weighted by molar-refractivity contribution is 0.0527. The summed E-state index contributed by atoms with van der Waals surface area (Å²) in [6.45, 7) is 1.85. The van der Waals surface area contributed by atoms with E-state index in [-0.39, 0.29) is 45.8 Å². The Balaban J connectivity index is 2.01. The Hall–Kier alpha value is -1.97. The standard InChI is InChI=1S/C16H15ClN2O5S2/c1-2-24-16(21)12-9-5-7-26(22,23)8-11(9)25-15(12)19-14(20)10-4-3-6-18-13(10)17/h3-4,6H,2,5,7-8H2,1H3,(H,19,20). The van der Waals surface area contributed by atoms with Crippen LogP contribution in [-0.4, -0.2) is 37.6 Å². The van der Waals surface area contributed by atoms with Crippen LogP contribution in [-0.2, 0) is 26.7 Å². The van der Waals surface area contributed by atoms with Gasteiger partial charge in [0.15, 0.2) is 9.84 Å². The summed E-state index contributed by atoms with van der Waals surface area (Å²) in [4.78, 5) is 29.3. The molecule has 0 saturated carbocycles. The second kappa shape index (κ2) is 7.34.